The van der Waals surface area contributed by atoms with Crippen LogP contribution in [0.1, 0.15) is 34.4 Å². The molecule has 114 valence electrons. The molecule has 0 saturated carbocycles. The number of nitrogens with zero attached hydrogens (tertiary/aromatic N) is 2. The lowest BCUT2D eigenvalue weighted by molar-refractivity contribution is 0.0605. The van der Waals surface area contributed by atoms with Crippen LogP contribution in [0, 0.1) is 13.8 Å². The maximum Gasteiger partial charge on any atom is 0.348 e. The Morgan fingerprint density at radius 2 is 2.14 bits per heavy atom. The van der Waals surface area contributed by atoms with E-state index in [9.17, 15) is 9.90 Å². The highest BCUT2D eigenvalue weighted by atomic mass is 32.1. The molecule has 6 nitrogen and oxygen atoms in total. The molecule has 0 unspecified atom stereocenters. The number of aryl methyl sites for hydroxylation is 2. The fourth-order valence-corrected chi connectivity index (χ4v) is 3.25. The lowest BCUT2D eigenvalue weighted by Crippen LogP contribution is -2.23. The zero-order chi connectivity index (χ0) is 15.6. The van der Waals surface area contributed by atoms with E-state index in [1.54, 1.807) is 6.92 Å². The molecule has 0 spiro atoms. The van der Waals surface area contributed by atoms with Gasteiger partial charge in [-0.15, -0.1) is 11.3 Å². The van der Waals surface area contributed by atoms with Crippen LogP contribution in [0.2, 0.25) is 0 Å². The Morgan fingerprint density at radius 3 is 2.71 bits per heavy atom. The summed E-state index contributed by atoms with van der Waals surface area (Å²) in [6, 6.07) is -0.0802. The molecule has 7 heteroatoms. The van der Waals surface area contributed by atoms with Crippen molar-refractivity contribution in [3.8, 4) is 0 Å². The van der Waals surface area contributed by atoms with Crippen LogP contribution in [0.25, 0.3) is 10.2 Å². The van der Waals surface area contributed by atoms with Crippen LogP contribution < -0.4 is 5.32 Å². The fraction of sp³-hybridized carbons (Fsp3) is 0.500. The summed E-state index contributed by atoms with van der Waals surface area (Å²) in [7, 11) is 1.36. The van der Waals surface area contributed by atoms with Gasteiger partial charge in [0.1, 0.15) is 21.3 Å². The van der Waals surface area contributed by atoms with E-state index in [1.165, 1.54) is 18.4 Å². The minimum Gasteiger partial charge on any atom is -0.465 e. The maximum absolute atomic E-state index is 11.8. The SMILES string of the molecule is CC[C@@H](CO)Nc1nc(C)nc2sc(C(=O)OC)c(C)c12. The number of aliphatic hydroxyl groups is 1. The number of esters is 1. The van der Waals surface area contributed by atoms with E-state index >= 15 is 0 Å². The molecule has 0 aliphatic heterocycles. The van der Waals surface area contributed by atoms with Gasteiger partial charge < -0.3 is 15.2 Å². The second kappa shape index (κ2) is 6.36. The average Bonchev–Trinajstić information content (AvgIpc) is 2.80. The first-order valence-electron chi connectivity index (χ1n) is 6.75. The molecule has 0 aliphatic carbocycles. The van der Waals surface area contributed by atoms with Gasteiger partial charge in [0.15, 0.2) is 0 Å². The number of anilines is 1. The normalized spacial score (nSPS) is 12.4. The summed E-state index contributed by atoms with van der Waals surface area (Å²) in [6.45, 7) is 5.67. The van der Waals surface area contributed by atoms with Crippen LogP contribution in [-0.4, -0.2) is 40.8 Å². The molecule has 0 aromatic carbocycles. The summed E-state index contributed by atoms with van der Waals surface area (Å²) < 4.78 is 4.80. The molecule has 0 bridgehead atoms. The summed E-state index contributed by atoms with van der Waals surface area (Å²) in [5, 5.41) is 13.4. The minimum atomic E-state index is -0.367. The second-order valence-corrected chi connectivity index (χ2v) is 5.78. The fourth-order valence-electron chi connectivity index (χ4n) is 2.11. The summed E-state index contributed by atoms with van der Waals surface area (Å²) in [6.07, 6.45) is 0.772. The Balaban J connectivity index is 2.59. The van der Waals surface area contributed by atoms with Gasteiger partial charge in [-0.05, 0) is 25.8 Å². The van der Waals surface area contributed by atoms with Gasteiger partial charge in [0.2, 0.25) is 0 Å². The molecule has 21 heavy (non-hydrogen) atoms. The van der Waals surface area contributed by atoms with Crippen molar-refractivity contribution in [3.63, 3.8) is 0 Å². The Kier molecular flexibility index (Phi) is 4.74. The molecule has 0 saturated heterocycles. The van der Waals surface area contributed by atoms with Crippen LogP contribution in [0.15, 0.2) is 0 Å². The predicted molar refractivity (Wildman–Crippen MR) is 83.0 cm³/mol. The summed E-state index contributed by atoms with van der Waals surface area (Å²) in [4.78, 5) is 21.9. The van der Waals surface area contributed by atoms with Gasteiger partial charge in [-0.3, -0.25) is 0 Å². The predicted octanol–water partition coefficient (Wildman–Crippen LogP) is 2.28. The zero-order valence-corrected chi connectivity index (χ0v) is 13.4. The largest absolute Gasteiger partial charge is 0.465 e. The number of methoxy groups -OCH3 is 1. The first-order valence-corrected chi connectivity index (χ1v) is 7.56. The lowest BCUT2D eigenvalue weighted by Gasteiger charge is -2.16. The third-order valence-electron chi connectivity index (χ3n) is 3.33. The van der Waals surface area contributed by atoms with Crippen molar-refractivity contribution in [2.75, 3.05) is 19.0 Å². The Hall–Kier alpha value is -1.73. The van der Waals surface area contributed by atoms with Gasteiger partial charge in [-0.1, -0.05) is 6.92 Å². The number of hydrogen-bond donors (Lipinski definition) is 2. The maximum atomic E-state index is 11.8. The summed E-state index contributed by atoms with van der Waals surface area (Å²) in [5.74, 6) is 0.908. The monoisotopic (exact) mass is 309 g/mol. The van der Waals surface area contributed by atoms with Crippen molar-refractivity contribution < 1.29 is 14.6 Å². The number of carbonyl (C=O) groups is 1. The highest BCUT2D eigenvalue weighted by molar-refractivity contribution is 7.20. The Labute approximate surface area is 127 Å². The molecular formula is C14H19N3O3S. The van der Waals surface area contributed by atoms with Gasteiger partial charge in [0.05, 0.1) is 25.1 Å². The Bertz CT molecular complexity index is 665. The zero-order valence-electron chi connectivity index (χ0n) is 12.6. The molecule has 1 atom stereocenters. The first kappa shape index (κ1) is 15.7. The lowest BCUT2D eigenvalue weighted by atomic mass is 10.2. The third-order valence-corrected chi connectivity index (χ3v) is 4.49. The van der Waals surface area contributed by atoms with Crippen LogP contribution >= 0.6 is 11.3 Å². The molecule has 2 N–H and O–H groups in total. The van der Waals surface area contributed by atoms with Gasteiger partial charge >= 0.3 is 5.97 Å². The van der Waals surface area contributed by atoms with E-state index in [4.69, 9.17) is 4.74 Å². The van der Waals surface area contributed by atoms with E-state index in [1.807, 2.05) is 13.8 Å². The molecule has 0 radical (unpaired) electrons. The molecule has 0 aliphatic rings. The first-order chi connectivity index (χ1) is 10.0. The van der Waals surface area contributed by atoms with Gasteiger partial charge in [0.25, 0.3) is 0 Å². The van der Waals surface area contributed by atoms with Crippen molar-refractivity contribution in [3.05, 3.63) is 16.3 Å². The number of aromatic nitrogens is 2. The van der Waals surface area contributed by atoms with Crippen molar-refractivity contribution in [2.24, 2.45) is 0 Å². The quantitative estimate of drug-likeness (QED) is 0.824. The smallest absolute Gasteiger partial charge is 0.348 e. The van der Waals surface area contributed by atoms with E-state index < -0.39 is 0 Å². The summed E-state index contributed by atoms with van der Waals surface area (Å²) in [5.41, 5.74) is 0.803. The second-order valence-electron chi connectivity index (χ2n) is 4.78. The summed E-state index contributed by atoms with van der Waals surface area (Å²) >= 11 is 1.30. The van der Waals surface area contributed by atoms with Crippen molar-refractivity contribution in [1.82, 2.24) is 9.97 Å². The molecular weight excluding hydrogens is 290 g/mol. The highest BCUT2D eigenvalue weighted by Gasteiger charge is 2.21. The number of nitrogens with one attached hydrogen (secondary N) is 1. The van der Waals surface area contributed by atoms with Gasteiger partial charge in [0, 0.05) is 0 Å². The standard InChI is InChI=1S/C14H19N3O3S/c1-5-9(6-18)17-12-10-7(2)11(14(19)20-4)21-13(10)16-8(3)15-12/h9,18H,5-6H2,1-4H3,(H,15,16,17)/t9-/m0/s1. The van der Waals surface area contributed by atoms with Gasteiger partial charge in [-0.25, -0.2) is 14.8 Å². The van der Waals surface area contributed by atoms with Crippen LogP contribution in [0.5, 0.6) is 0 Å². The molecule has 0 fully saturated rings. The van der Waals surface area contributed by atoms with Crippen LogP contribution in [0.3, 0.4) is 0 Å². The van der Waals surface area contributed by atoms with Gasteiger partial charge in [-0.2, -0.15) is 0 Å². The van der Waals surface area contributed by atoms with Crippen LogP contribution in [-0.2, 0) is 4.74 Å². The van der Waals surface area contributed by atoms with Crippen molar-refractivity contribution in [1.29, 1.82) is 0 Å². The number of rotatable bonds is 5. The molecule has 2 aromatic rings. The number of fused-ring (bicyclic) bond motifs is 1. The highest BCUT2D eigenvalue weighted by Crippen LogP contribution is 2.34. The van der Waals surface area contributed by atoms with E-state index in [2.05, 4.69) is 15.3 Å². The molecule has 2 aromatic heterocycles. The van der Waals surface area contributed by atoms with E-state index in [0.29, 0.717) is 16.5 Å². The minimum absolute atomic E-state index is 0.0219. The number of carbonyl (C=O) groups excluding carboxylic acids is 1. The molecule has 2 heterocycles. The molecule has 0 amide bonds. The molecule has 2 rings (SSSR count). The van der Waals surface area contributed by atoms with Crippen LogP contribution in [0.4, 0.5) is 5.82 Å². The Morgan fingerprint density at radius 1 is 1.43 bits per heavy atom. The third kappa shape index (κ3) is 2.98. The number of thiophene rings is 1. The van der Waals surface area contributed by atoms with E-state index in [-0.39, 0.29) is 18.6 Å². The average molecular weight is 309 g/mol. The number of hydrogen-bond acceptors (Lipinski definition) is 7. The number of aliphatic hydroxyl groups excluding tert-OH is 1. The topological polar surface area (TPSA) is 84.3 Å². The van der Waals surface area contributed by atoms with Crippen molar-refractivity contribution >= 4 is 33.3 Å². The van der Waals surface area contributed by atoms with Crippen molar-refractivity contribution in [2.45, 2.75) is 33.2 Å². The van der Waals surface area contributed by atoms with E-state index in [0.717, 1.165) is 22.2 Å². The number of ether oxygens (including phenoxy) is 1.